The summed E-state index contributed by atoms with van der Waals surface area (Å²) in [4.78, 5) is 25.6. The van der Waals surface area contributed by atoms with Gasteiger partial charge in [-0.2, -0.15) is 0 Å². The Morgan fingerprint density at radius 1 is 1.10 bits per heavy atom. The lowest BCUT2D eigenvalue weighted by Crippen LogP contribution is -2.45. The van der Waals surface area contributed by atoms with Gasteiger partial charge in [-0.3, -0.25) is 0 Å². The second-order valence-corrected chi connectivity index (χ2v) is 7.01. The summed E-state index contributed by atoms with van der Waals surface area (Å²) >= 11 is 0. The van der Waals surface area contributed by atoms with E-state index in [1.165, 1.54) is 0 Å². The number of nitrogens with one attached hydrogen (secondary N) is 2. The van der Waals surface area contributed by atoms with E-state index in [-0.39, 0.29) is 6.10 Å². The molecule has 158 valence electrons. The fourth-order valence-corrected chi connectivity index (χ4v) is 3.25. The number of esters is 1. The third kappa shape index (κ3) is 4.74. The van der Waals surface area contributed by atoms with E-state index in [0.717, 1.165) is 5.56 Å². The number of rotatable bonds is 7. The molecule has 2 amide bonds. The van der Waals surface area contributed by atoms with Gasteiger partial charge >= 0.3 is 12.0 Å². The third-order valence-corrected chi connectivity index (χ3v) is 4.52. The van der Waals surface area contributed by atoms with E-state index >= 15 is 0 Å². The van der Waals surface area contributed by atoms with Crippen molar-refractivity contribution in [2.45, 2.75) is 32.9 Å². The zero-order chi connectivity index (χ0) is 21.7. The van der Waals surface area contributed by atoms with E-state index in [4.69, 9.17) is 14.2 Å². The van der Waals surface area contributed by atoms with E-state index < -0.39 is 18.0 Å². The van der Waals surface area contributed by atoms with Gasteiger partial charge in [-0.05, 0) is 68.3 Å². The van der Waals surface area contributed by atoms with Crippen LogP contribution < -0.4 is 20.1 Å². The van der Waals surface area contributed by atoms with Crippen molar-refractivity contribution in [1.82, 2.24) is 10.6 Å². The molecule has 7 nitrogen and oxygen atoms in total. The highest BCUT2D eigenvalue weighted by Gasteiger charge is 2.35. The van der Waals surface area contributed by atoms with E-state index in [0.29, 0.717) is 34.9 Å². The van der Waals surface area contributed by atoms with Crippen LogP contribution in [-0.4, -0.2) is 31.8 Å². The Labute approximate surface area is 176 Å². The van der Waals surface area contributed by atoms with Gasteiger partial charge in [-0.1, -0.05) is 12.1 Å². The molecule has 1 aliphatic rings. The van der Waals surface area contributed by atoms with Crippen molar-refractivity contribution in [3.63, 3.8) is 0 Å². The topological polar surface area (TPSA) is 85.9 Å². The lowest BCUT2D eigenvalue weighted by Gasteiger charge is -2.30. The summed E-state index contributed by atoms with van der Waals surface area (Å²) < 4.78 is 16.3. The molecule has 30 heavy (non-hydrogen) atoms. The first-order valence-electron chi connectivity index (χ1n) is 9.82. The van der Waals surface area contributed by atoms with Crippen LogP contribution in [0, 0.1) is 0 Å². The zero-order valence-corrected chi connectivity index (χ0v) is 17.5. The lowest BCUT2D eigenvalue weighted by molar-refractivity contribution is -0.143. The van der Waals surface area contributed by atoms with E-state index in [1.807, 2.05) is 31.2 Å². The summed E-state index contributed by atoms with van der Waals surface area (Å²) in [5.74, 6) is 0.826. The SMILES string of the molecule is CCOc1cccc(C2NC(=O)NC(c3ccc(OC)cc3)=C2C(=O)OC(C)C)c1. The van der Waals surface area contributed by atoms with E-state index in [1.54, 1.807) is 45.2 Å². The van der Waals surface area contributed by atoms with Gasteiger partial charge in [0.1, 0.15) is 11.5 Å². The Hall–Kier alpha value is -3.48. The molecule has 0 aromatic heterocycles. The molecular weight excluding hydrogens is 384 g/mol. The number of carbonyl (C=O) groups excluding carboxylic acids is 2. The molecular formula is C23H26N2O5. The number of hydrogen-bond acceptors (Lipinski definition) is 5. The number of hydrogen-bond donors (Lipinski definition) is 2. The number of carbonyl (C=O) groups is 2. The smallest absolute Gasteiger partial charge is 0.338 e. The van der Waals surface area contributed by atoms with Crippen LogP contribution >= 0.6 is 0 Å². The van der Waals surface area contributed by atoms with Crippen LogP contribution in [0.4, 0.5) is 4.79 Å². The summed E-state index contributed by atoms with van der Waals surface area (Å²) in [5.41, 5.74) is 2.12. The number of ether oxygens (including phenoxy) is 3. The summed E-state index contributed by atoms with van der Waals surface area (Å²) in [6.45, 7) is 5.97. The maximum absolute atomic E-state index is 13.1. The van der Waals surface area contributed by atoms with E-state index in [2.05, 4.69) is 10.6 Å². The summed E-state index contributed by atoms with van der Waals surface area (Å²) in [6, 6.07) is 13.3. The van der Waals surface area contributed by atoms with Crippen molar-refractivity contribution in [1.29, 1.82) is 0 Å². The molecule has 2 aromatic carbocycles. The van der Waals surface area contributed by atoms with Gasteiger partial charge in [-0.25, -0.2) is 9.59 Å². The molecule has 2 aromatic rings. The average Bonchev–Trinajstić information content (AvgIpc) is 2.73. The minimum absolute atomic E-state index is 0.310. The van der Waals surface area contributed by atoms with Gasteiger partial charge in [0.15, 0.2) is 0 Å². The molecule has 0 saturated carbocycles. The highest BCUT2D eigenvalue weighted by Crippen LogP contribution is 2.34. The number of benzene rings is 2. The molecule has 0 fully saturated rings. The fraction of sp³-hybridized carbons (Fsp3) is 0.304. The van der Waals surface area contributed by atoms with Crippen LogP contribution in [0.2, 0.25) is 0 Å². The Bertz CT molecular complexity index is 950. The Balaban J connectivity index is 2.14. The van der Waals surface area contributed by atoms with Crippen LogP contribution in [0.3, 0.4) is 0 Å². The molecule has 0 spiro atoms. The first-order chi connectivity index (χ1) is 14.4. The molecule has 1 heterocycles. The van der Waals surface area contributed by atoms with Crippen LogP contribution in [0.25, 0.3) is 5.70 Å². The van der Waals surface area contributed by atoms with Crippen LogP contribution in [0.5, 0.6) is 11.5 Å². The maximum atomic E-state index is 13.1. The van der Waals surface area contributed by atoms with Gasteiger partial charge in [0.2, 0.25) is 0 Å². The van der Waals surface area contributed by atoms with Gasteiger partial charge in [0, 0.05) is 0 Å². The third-order valence-electron chi connectivity index (χ3n) is 4.52. The van der Waals surface area contributed by atoms with Crippen LogP contribution in [0.1, 0.15) is 37.9 Å². The second kappa shape index (κ2) is 9.35. The molecule has 1 aliphatic heterocycles. The Kier molecular flexibility index (Phi) is 6.61. The Morgan fingerprint density at radius 2 is 1.83 bits per heavy atom. The molecule has 0 bridgehead atoms. The van der Waals surface area contributed by atoms with Crippen LogP contribution in [-0.2, 0) is 9.53 Å². The number of methoxy groups -OCH3 is 1. The molecule has 1 unspecified atom stereocenters. The highest BCUT2D eigenvalue weighted by atomic mass is 16.5. The van der Waals surface area contributed by atoms with Gasteiger partial charge in [0.05, 0.1) is 37.1 Å². The first-order valence-corrected chi connectivity index (χ1v) is 9.82. The predicted molar refractivity (Wildman–Crippen MR) is 113 cm³/mol. The quantitative estimate of drug-likeness (QED) is 0.678. The molecule has 0 radical (unpaired) electrons. The molecule has 0 aliphatic carbocycles. The maximum Gasteiger partial charge on any atom is 0.338 e. The van der Waals surface area contributed by atoms with Crippen molar-refractivity contribution in [2.75, 3.05) is 13.7 Å². The van der Waals surface area contributed by atoms with Gasteiger partial charge in [0.25, 0.3) is 0 Å². The van der Waals surface area contributed by atoms with Crippen molar-refractivity contribution >= 4 is 17.7 Å². The van der Waals surface area contributed by atoms with Gasteiger partial charge in [-0.15, -0.1) is 0 Å². The monoisotopic (exact) mass is 410 g/mol. The van der Waals surface area contributed by atoms with Crippen molar-refractivity contribution in [3.05, 3.63) is 65.2 Å². The largest absolute Gasteiger partial charge is 0.497 e. The average molecular weight is 410 g/mol. The van der Waals surface area contributed by atoms with Gasteiger partial charge < -0.3 is 24.8 Å². The normalized spacial score (nSPS) is 16.0. The van der Waals surface area contributed by atoms with Crippen molar-refractivity contribution in [3.8, 4) is 11.5 Å². The number of urea groups is 1. The molecule has 1 atom stereocenters. The second-order valence-electron chi connectivity index (χ2n) is 7.01. The highest BCUT2D eigenvalue weighted by molar-refractivity contribution is 6.04. The fourth-order valence-electron chi connectivity index (χ4n) is 3.25. The summed E-state index contributed by atoms with van der Waals surface area (Å²) in [7, 11) is 1.58. The summed E-state index contributed by atoms with van der Waals surface area (Å²) in [6.07, 6.45) is -0.310. The molecule has 0 saturated heterocycles. The standard InChI is InChI=1S/C23H26N2O5/c1-5-29-18-8-6-7-16(13-18)21-19(22(26)30-14(2)3)20(24-23(27)25-21)15-9-11-17(28-4)12-10-15/h6-14,21H,5H2,1-4H3,(H2,24,25,27). The summed E-state index contributed by atoms with van der Waals surface area (Å²) in [5, 5.41) is 5.61. The van der Waals surface area contributed by atoms with E-state index in [9.17, 15) is 9.59 Å². The first kappa shape index (κ1) is 21.2. The molecule has 7 heteroatoms. The zero-order valence-electron chi connectivity index (χ0n) is 17.5. The van der Waals surface area contributed by atoms with Crippen molar-refractivity contribution in [2.24, 2.45) is 0 Å². The van der Waals surface area contributed by atoms with Crippen molar-refractivity contribution < 1.29 is 23.8 Å². The lowest BCUT2D eigenvalue weighted by atomic mass is 9.92. The minimum Gasteiger partial charge on any atom is -0.497 e. The Morgan fingerprint density at radius 3 is 2.47 bits per heavy atom. The number of amides is 2. The minimum atomic E-state index is -0.692. The predicted octanol–water partition coefficient (Wildman–Crippen LogP) is 3.81. The molecule has 2 N–H and O–H groups in total. The van der Waals surface area contributed by atoms with Crippen LogP contribution in [0.15, 0.2) is 54.1 Å². The molecule has 3 rings (SSSR count).